The van der Waals surface area contributed by atoms with Gasteiger partial charge in [-0.05, 0) is 55.0 Å². The highest BCUT2D eigenvalue weighted by atomic mass is 16.5. The van der Waals surface area contributed by atoms with E-state index in [-0.39, 0.29) is 23.6 Å². The van der Waals surface area contributed by atoms with Crippen LogP contribution in [0, 0.1) is 10.8 Å². The number of nitrogen functional groups attached to an aromatic ring is 2. The van der Waals surface area contributed by atoms with Gasteiger partial charge in [-0.15, -0.1) is 0 Å². The minimum atomic E-state index is -0.447. The third kappa shape index (κ3) is 6.28. The van der Waals surface area contributed by atoms with E-state index in [1.807, 2.05) is 0 Å². The van der Waals surface area contributed by atoms with Crippen molar-refractivity contribution in [3.8, 4) is 11.5 Å². The highest BCUT2D eigenvalue weighted by Crippen LogP contribution is 2.31. The van der Waals surface area contributed by atoms with Crippen LogP contribution < -0.4 is 43.9 Å². The maximum absolute atomic E-state index is 7.54. The molecule has 1 fully saturated rings. The molecule has 12 nitrogen and oxygen atoms in total. The van der Waals surface area contributed by atoms with Crippen molar-refractivity contribution in [2.24, 2.45) is 44.4 Å². The lowest BCUT2D eigenvalue weighted by atomic mass is 9.86. The number of aliphatic imine (C=N–C) groups is 2. The fourth-order valence-electron chi connectivity index (χ4n) is 3.78. The van der Waals surface area contributed by atoms with E-state index >= 15 is 0 Å². The standard InChI is InChI=1S/C22H30N10O2/c23-19(24)11-1-5-13(6-2-11)33-17-10-18(34-14-7-3-12(4-8-14)20(25)26)16(32-22(29)30)9-15(17)31-21(27)28/h1-8,15-18H,9-10H2,(H3,23,24)(H3,25,26)(H4,27,28,31)(H4,29,30,32)/t15-,16+,17-,18+. The molecule has 0 aliphatic heterocycles. The largest absolute Gasteiger partial charge is 0.488 e. The molecule has 0 aromatic heterocycles. The van der Waals surface area contributed by atoms with E-state index < -0.39 is 24.3 Å². The molecule has 0 bridgehead atoms. The number of nitrogens with zero attached hydrogens (tertiary/aromatic N) is 2. The molecule has 0 saturated heterocycles. The van der Waals surface area contributed by atoms with E-state index in [0.29, 0.717) is 35.5 Å². The minimum absolute atomic E-state index is 0.0352. The topological polar surface area (TPSA) is 247 Å². The lowest BCUT2D eigenvalue weighted by Gasteiger charge is -2.38. The van der Waals surface area contributed by atoms with Crippen LogP contribution in [0.25, 0.3) is 0 Å². The lowest BCUT2D eigenvalue weighted by molar-refractivity contribution is 0.0417. The van der Waals surface area contributed by atoms with Gasteiger partial charge in [-0.25, -0.2) is 9.98 Å². The maximum Gasteiger partial charge on any atom is 0.186 e. The van der Waals surface area contributed by atoms with Gasteiger partial charge in [0.1, 0.15) is 35.4 Å². The predicted octanol–water partition coefficient (Wildman–Crippen LogP) is -0.472. The van der Waals surface area contributed by atoms with Crippen molar-refractivity contribution >= 4 is 23.6 Å². The summed E-state index contributed by atoms with van der Waals surface area (Å²) in [6, 6.07) is 12.8. The molecule has 0 heterocycles. The number of hydrogen-bond acceptors (Lipinski definition) is 6. The molecule has 1 aliphatic carbocycles. The van der Waals surface area contributed by atoms with Gasteiger partial charge in [0.15, 0.2) is 11.9 Å². The number of nitrogens with two attached hydrogens (primary N) is 6. The Balaban J connectivity index is 1.87. The molecule has 0 spiro atoms. The third-order valence-electron chi connectivity index (χ3n) is 5.34. The van der Waals surface area contributed by atoms with Crippen LogP contribution in [0.1, 0.15) is 24.0 Å². The number of ether oxygens (including phenoxy) is 2. The van der Waals surface area contributed by atoms with E-state index in [4.69, 9.17) is 54.7 Å². The first-order valence-electron chi connectivity index (χ1n) is 10.5. The van der Waals surface area contributed by atoms with Crippen LogP contribution in [0.15, 0.2) is 58.5 Å². The van der Waals surface area contributed by atoms with E-state index in [1.165, 1.54) is 0 Å². The van der Waals surface area contributed by atoms with Crippen molar-refractivity contribution in [2.45, 2.75) is 37.1 Å². The summed E-state index contributed by atoms with van der Waals surface area (Å²) in [7, 11) is 0. The zero-order valence-electron chi connectivity index (χ0n) is 18.5. The summed E-state index contributed by atoms with van der Waals surface area (Å²) in [6.45, 7) is 0. The molecule has 2 aromatic carbocycles. The Morgan fingerprint density at radius 1 is 0.618 bits per heavy atom. The van der Waals surface area contributed by atoms with Crippen LogP contribution in [-0.2, 0) is 0 Å². The second-order valence-corrected chi connectivity index (χ2v) is 7.90. The number of rotatable bonds is 8. The Labute approximate surface area is 197 Å². The molecular weight excluding hydrogens is 436 g/mol. The van der Waals surface area contributed by atoms with Crippen molar-refractivity contribution in [3.63, 3.8) is 0 Å². The van der Waals surface area contributed by atoms with Gasteiger partial charge in [-0.3, -0.25) is 10.8 Å². The first-order valence-corrected chi connectivity index (χ1v) is 10.5. The molecule has 0 radical (unpaired) electrons. The van der Waals surface area contributed by atoms with Crippen LogP contribution in [0.3, 0.4) is 0 Å². The van der Waals surface area contributed by atoms with Gasteiger partial charge in [0.2, 0.25) is 0 Å². The normalized spacial score (nSPS) is 21.6. The first-order chi connectivity index (χ1) is 16.1. The molecule has 1 saturated carbocycles. The number of nitrogens with one attached hydrogen (secondary N) is 2. The second kappa shape index (κ2) is 10.4. The zero-order valence-corrected chi connectivity index (χ0v) is 18.5. The molecule has 1 aliphatic rings. The molecular formula is C22H30N10O2. The Hall–Kier alpha value is -4.48. The van der Waals surface area contributed by atoms with Crippen LogP contribution >= 0.6 is 0 Å². The Morgan fingerprint density at radius 3 is 1.26 bits per heavy atom. The van der Waals surface area contributed by atoms with E-state index in [1.54, 1.807) is 48.5 Å². The predicted molar refractivity (Wildman–Crippen MR) is 132 cm³/mol. The fourth-order valence-corrected chi connectivity index (χ4v) is 3.78. The van der Waals surface area contributed by atoms with Crippen LogP contribution in [0.4, 0.5) is 0 Å². The summed E-state index contributed by atoms with van der Waals surface area (Å²) in [6.07, 6.45) is -0.136. The molecule has 0 amide bonds. The zero-order chi connectivity index (χ0) is 24.8. The molecule has 180 valence electrons. The Bertz CT molecular complexity index is 988. The van der Waals surface area contributed by atoms with Gasteiger partial charge in [0.25, 0.3) is 0 Å². The van der Waals surface area contributed by atoms with Gasteiger partial charge < -0.3 is 43.9 Å². The number of hydrogen-bond donors (Lipinski definition) is 8. The Kier molecular flexibility index (Phi) is 7.41. The smallest absolute Gasteiger partial charge is 0.186 e. The monoisotopic (exact) mass is 466 g/mol. The summed E-state index contributed by atoms with van der Waals surface area (Å²) >= 11 is 0. The van der Waals surface area contributed by atoms with Gasteiger partial charge in [-0.1, -0.05) is 0 Å². The molecule has 3 rings (SSSR count). The summed E-state index contributed by atoms with van der Waals surface area (Å²) in [4.78, 5) is 8.68. The van der Waals surface area contributed by atoms with Crippen LogP contribution in [0.5, 0.6) is 11.5 Å². The summed E-state index contributed by atoms with van der Waals surface area (Å²) in [5, 5.41) is 15.1. The number of amidine groups is 2. The van der Waals surface area contributed by atoms with E-state index in [0.717, 1.165) is 0 Å². The van der Waals surface area contributed by atoms with Crippen LogP contribution in [-0.4, -0.2) is 47.9 Å². The second-order valence-electron chi connectivity index (χ2n) is 7.90. The Morgan fingerprint density at radius 2 is 0.971 bits per heavy atom. The van der Waals surface area contributed by atoms with Crippen LogP contribution in [0.2, 0.25) is 0 Å². The summed E-state index contributed by atoms with van der Waals surface area (Å²) in [5.74, 6) is 0.909. The first kappa shape index (κ1) is 24.2. The van der Waals surface area contributed by atoms with Crippen molar-refractivity contribution in [1.82, 2.24) is 0 Å². The van der Waals surface area contributed by atoms with Gasteiger partial charge in [0.05, 0.1) is 12.1 Å². The molecule has 34 heavy (non-hydrogen) atoms. The molecule has 12 heteroatoms. The summed E-state index contributed by atoms with van der Waals surface area (Å²) < 4.78 is 12.4. The minimum Gasteiger partial charge on any atom is -0.488 e. The van der Waals surface area contributed by atoms with Crippen molar-refractivity contribution in [3.05, 3.63) is 59.7 Å². The molecule has 2 aromatic rings. The van der Waals surface area contributed by atoms with Gasteiger partial charge in [0, 0.05) is 17.5 Å². The highest BCUT2D eigenvalue weighted by molar-refractivity contribution is 5.95. The molecule has 0 unspecified atom stereocenters. The molecule has 4 atom stereocenters. The van der Waals surface area contributed by atoms with Gasteiger partial charge >= 0.3 is 0 Å². The fraction of sp³-hybridized carbons (Fsp3) is 0.273. The number of guanidine groups is 2. The number of benzene rings is 2. The van der Waals surface area contributed by atoms with Crippen molar-refractivity contribution in [1.29, 1.82) is 10.8 Å². The lowest BCUT2D eigenvalue weighted by Crippen LogP contribution is -2.50. The van der Waals surface area contributed by atoms with E-state index in [9.17, 15) is 0 Å². The van der Waals surface area contributed by atoms with Gasteiger partial charge in [-0.2, -0.15) is 0 Å². The van der Waals surface area contributed by atoms with Crippen molar-refractivity contribution < 1.29 is 9.47 Å². The van der Waals surface area contributed by atoms with Crippen molar-refractivity contribution in [2.75, 3.05) is 0 Å². The molecule has 14 N–H and O–H groups in total. The SMILES string of the molecule is N=C(N)c1ccc(O[C@H]2C[C@@H](Oc3ccc(C(=N)N)cc3)[C@H](N=C(N)N)C[C@@H]2N=C(N)N)cc1. The average Bonchev–Trinajstić information content (AvgIpc) is 2.76. The average molecular weight is 467 g/mol. The van der Waals surface area contributed by atoms with E-state index in [2.05, 4.69) is 9.98 Å². The third-order valence-corrected chi connectivity index (χ3v) is 5.34. The quantitative estimate of drug-likeness (QED) is 0.186. The maximum atomic E-state index is 7.54. The highest BCUT2D eigenvalue weighted by Gasteiger charge is 2.40. The summed E-state index contributed by atoms with van der Waals surface area (Å²) in [5.41, 5.74) is 34.9.